The third-order valence-corrected chi connectivity index (χ3v) is 7.49. The van der Waals surface area contributed by atoms with Gasteiger partial charge in [0.15, 0.2) is 11.6 Å². The van der Waals surface area contributed by atoms with E-state index in [0.717, 1.165) is 59.8 Å². The summed E-state index contributed by atoms with van der Waals surface area (Å²) in [5.74, 6) is 1.30. The van der Waals surface area contributed by atoms with Crippen molar-refractivity contribution < 1.29 is 9.59 Å². The Morgan fingerprint density at radius 2 is 1.36 bits per heavy atom. The molecule has 0 radical (unpaired) electrons. The molecule has 0 saturated heterocycles. The van der Waals surface area contributed by atoms with E-state index in [0.29, 0.717) is 18.9 Å². The Labute approximate surface area is 276 Å². The number of rotatable bonds is 6. The number of pyridine rings is 2. The number of halogens is 3. The average molecular weight is 672 g/mol. The molecule has 45 heavy (non-hydrogen) atoms. The van der Waals surface area contributed by atoms with Crippen LogP contribution in [0.5, 0.6) is 0 Å². The highest BCUT2D eigenvalue weighted by Crippen LogP contribution is 2.23. The van der Waals surface area contributed by atoms with Crippen LogP contribution in [-0.2, 0) is 23.7 Å². The molecule has 236 valence electrons. The maximum absolute atomic E-state index is 11.5. The van der Waals surface area contributed by atoms with E-state index in [-0.39, 0.29) is 17.7 Å². The third kappa shape index (κ3) is 10.0. The Hall–Kier alpha value is -3.97. The van der Waals surface area contributed by atoms with E-state index in [1.54, 1.807) is 33.1 Å². The Balaban J connectivity index is 0.000000181. The zero-order valence-electron chi connectivity index (χ0n) is 24.9. The lowest BCUT2D eigenvalue weighted by molar-refractivity contribution is -0.128. The molecule has 4 aromatic heterocycles. The van der Waals surface area contributed by atoms with Crippen molar-refractivity contribution in [2.75, 3.05) is 37.9 Å². The first-order valence-corrected chi connectivity index (χ1v) is 15.5. The molecule has 4 aromatic rings. The molecule has 0 saturated carbocycles. The van der Waals surface area contributed by atoms with Crippen molar-refractivity contribution in [1.82, 2.24) is 49.7 Å². The number of aromatic nitrogens is 8. The molecular weight excluding hydrogens is 639 g/mol. The standard InChI is InChI=1S/C15H16ClN5O.C13H15N5.C2H2Cl2O/c1-20-10-18-15(19-20)12-2-3-13(17-9-12)11-4-6-21(7-5-11)14(22)8-16;1-18-9-16-13(17-18)11-2-3-12(15-8-11)10-4-6-14-7-5-10;3-1-2(4)5/h2-4,9-10H,5-8H2,1H3;2-4,8-9,14H,5-7H2,1H3;1H2. The van der Waals surface area contributed by atoms with Gasteiger partial charge in [-0.05, 0) is 66.4 Å². The van der Waals surface area contributed by atoms with E-state index in [4.69, 9.17) is 34.8 Å². The molecule has 2 aliphatic heterocycles. The zero-order chi connectivity index (χ0) is 32.2. The SMILES string of the molecule is Cn1cnc(-c2ccc(C3=CCN(C(=O)CCl)CC3)nc2)n1.Cn1cnc(-c2ccc(C3=CCNCC3)nc2)n1.O=C(Cl)CCl. The van der Waals surface area contributed by atoms with Crippen LogP contribution in [0.15, 0.2) is 61.5 Å². The quantitative estimate of drug-likeness (QED) is 0.239. The summed E-state index contributed by atoms with van der Waals surface area (Å²) in [5, 5.41) is 11.3. The normalized spacial score (nSPS) is 14.3. The summed E-state index contributed by atoms with van der Waals surface area (Å²) in [7, 11) is 3.69. The number of hydrogen-bond acceptors (Lipinski definition) is 9. The lowest BCUT2D eigenvalue weighted by Crippen LogP contribution is -2.35. The highest BCUT2D eigenvalue weighted by atomic mass is 35.5. The Morgan fingerprint density at radius 3 is 1.71 bits per heavy atom. The second-order valence-electron chi connectivity index (χ2n) is 9.97. The molecule has 0 bridgehead atoms. The lowest BCUT2D eigenvalue weighted by atomic mass is 10.0. The molecule has 6 rings (SSSR count). The maximum Gasteiger partial charge on any atom is 0.237 e. The van der Waals surface area contributed by atoms with Crippen LogP contribution in [0.4, 0.5) is 0 Å². The molecular formula is C30H33Cl3N10O2. The number of nitrogens with zero attached hydrogens (tertiary/aromatic N) is 9. The van der Waals surface area contributed by atoms with Gasteiger partial charge in [-0.25, -0.2) is 9.97 Å². The summed E-state index contributed by atoms with van der Waals surface area (Å²) in [6, 6.07) is 8.01. The van der Waals surface area contributed by atoms with E-state index >= 15 is 0 Å². The van der Waals surface area contributed by atoms with Gasteiger partial charge < -0.3 is 10.2 Å². The molecule has 0 aromatic carbocycles. The van der Waals surface area contributed by atoms with Crippen LogP contribution in [-0.4, -0.2) is 93.5 Å². The molecule has 0 fully saturated rings. The number of carbonyl (C=O) groups is 2. The largest absolute Gasteiger partial charge is 0.338 e. The number of hydrogen-bond donors (Lipinski definition) is 1. The summed E-state index contributed by atoms with van der Waals surface area (Å²) in [6.45, 7) is 3.23. The van der Waals surface area contributed by atoms with E-state index in [2.05, 4.69) is 41.5 Å². The molecule has 15 heteroatoms. The van der Waals surface area contributed by atoms with E-state index in [1.165, 1.54) is 5.57 Å². The van der Waals surface area contributed by atoms with Gasteiger partial charge in [-0.15, -0.1) is 23.2 Å². The fourth-order valence-corrected chi connectivity index (χ4v) is 4.61. The monoisotopic (exact) mass is 670 g/mol. The van der Waals surface area contributed by atoms with Gasteiger partial charge >= 0.3 is 0 Å². The van der Waals surface area contributed by atoms with Crippen LogP contribution < -0.4 is 5.32 Å². The molecule has 2 aliphatic rings. The molecule has 0 spiro atoms. The van der Waals surface area contributed by atoms with Crippen LogP contribution in [0.25, 0.3) is 33.9 Å². The molecule has 1 amide bonds. The number of amides is 1. The summed E-state index contributed by atoms with van der Waals surface area (Å²) in [6.07, 6.45) is 13.0. The topological polar surface area (TPSA) is 137 Å². The summed E-state index contributed by atoms with van der Waals surface area (Å²) >= 11 is 15.1. The van der Waals surface area contributed by atoms with Gasteiger partial charge in [-0.3, -0.25) is 28.9 Å². The number of nitrogens with one attached hydrogen (secondary N) is 1. The van der Waals surface area contributed by atoms with Gasteiger partial charge in [0.1, 0.15) is 18.5 Å². The minimum atomic E-state index is -0.508. The molecule has 12 nitrogen and oxygen atoms in total. The minimum absolute atomic E-state index is 0.0264. The fourth-order valence-electron chi connectivity index (χ4n) is 4.44. The Kier molecular flexibility index (Phi) is 12.8. The second kappa shape index (κ2) is 16.9. The zero-order valence-corrected chi connectivity index (χ0v) is 27.2. The van der Waals surface area contributed by atoms with E-state index in [1.807, 2.05) is 50.6 Å². The summed E-state index contributed by atoms with van der Waals surface area (Å²) in [4.78, 5) is 40.2. The fraction of sp³-hybridized carbons (Fsp3) is 0.333. The molecule has 0 atom stereocenters. The average Bonchev–Trinajstić information content (AvgIpc) is 3.73. The number of aryl methyl sites for hydroxylation is 2. The van der Waals surface area contributed by atoms with Crippen molar-refractivity contribution in [2.24, 2.45) is 14.1 Å². The van der Waals surface area contributed by atoms with Crippen molar-refractivity contribution in [3.63, 3.8) is 0 Å². The van der Waals surface area contributed by atoms with Crippen LogP contribution in [0.1, 0.15) is 24.2 Å². The Morgan fingerprint density at radius 1 is 0.800 bits per heavy atom. The van der Waals surface area contributed by atoms with Gasteiger partial charge in [0.2, 0.25) is 11.1 Å². The van der Waals surface area contributed by atoms with Crippen molar-refractivity contribution in [3.8, 4) is 22.8 Å². The third-order valence-electron chi connectivity index (χ3n) is 6.75. The summed E-state index contributed by atoms with van der Waals surface area (Å²) < 4.78 is 3.36. The highest BCUT2D eigenvalue weighted by Gasteiger charge is 2.18. The van der Waals surface area contributed by atoms with Crippen LogP contribution in [0, 0.1) is 0 Å². The van der Waals surface area contributed by atoms with Crippen molar-refractivity contribution in [2.45, 2.75) is 12.8 Å². The van der Waals surface area contributed by atoms with Gasteiger partial charge in [-0.2, -0.15) is 10.2 Å². The van der Waals surface area contributed by atoms with E-state index < -0.39 is 5.24 Å². The first-order chi connectivity index (χ1) is 21.8. The van der Waals surface area contributed by atoms with Gasteiger partial charge in [-0.1, -0.05) is 12.2 Å². The molecule has 1 N–H and O–H groups in total. The maximum atomic E-state index is 11.5. The number of alkyl halides is 2. The minimum Gasteiger partial charge on any atom is -0.338 e. The Bertz CT molecular complexity index is 1630. The smallest absolute Gasteiger partial charge is 0.237 e. The van der Waals surface area contributed by atoms with Crippen LogP contribution in [0.2, 0.25) is 0 Å². The molecule has 6 heterocycles. The van der Waals surface area contributed by atoms with E-state index in [9.17, 15) is 9.59 Å². The summed E-state index contributed by atoms with van der Waals surface area (Å²) in [5.41, 5.74) is 6.29. The first kappa shape index (κ1) is 33.9. The van der Waals surface area contributed by atoms with Crippen molar-refractivity contribution in [1.29, 1.82) is 0 Å². The van der Waals surface area contributed by atoms with Crippen LogP contribution >= 0.6 is 34.8 Å². The van der Waals surface area contributed by atoms with Crippen LogP contribution in [0.3, 0.4) is 0 Å². The van der Waals surface area contributed by atoms with Gasteiger partial charge in [0.25, 0.3) is 0 Å². The van der Waals surface area contributed by atoms with Gasteiger partial charge in [0, 0.05) is 57.3 Å². The lowest BCUT2D eigenvalue weighted by Gasteiger charge is -2.25. The first-order valence-electron chi connectivity index (χ1n) is 14.1. The molecule has 0 aliphatic carbocycles. The highest BCUT2D eigenvalue weighted by molar-refractivity contribution is 6.67. The second-order valence-corrected chi connectivity index (χ2v) is 10.9. The number of carbonyl (C=O) groups excluding carboxylic acids is 2. The predicted molar refractivity (Wildman–Crippen MR) is 175 cm³/mol. The predicted octanol–water partition coefficient (Wildman–Crippen LogP) is 3.98. The van der Waals surface area contributed by atoms with Crippen molar-refractivity contribution >= 4 is 57.1 Å². The van der Waals surface area contributed by atoms with Crippen molar-refractivity contribution in [3.05, 3.63) is 72.9 Å². The molecule has 0 unspecified atom stereocenters. The van der Waals surface area contributed by atoms with Gasteiger partial charge in [0.05, 0.1) is 17.3 Å².